The highest BCUT2D eigenvalue weighted by Gasteiger charge is 2.52. The second kappa shape index (κ2) is 6.45. The van der Waals surface area contributed by atoms with Crippen molar-refractivity contribution in [3.05, 3.63) is 23.8 Å². The number of hydrogen-bond acceptors (Lipinski definition) is 6. The molecule has 0 unspecified atom stereocenters. The number of anilines is 1. The van der Waals surface area contributed by atoms with Crippen LogP contribution in [0.1, 0.15) is 26.3 Å². The molecule has 3 amide bonds. The van der Waals surface area contributed by atoms with Crippen molar-refractivity contribution in [2.75, 3.05) is 29.3 Å². The van der Waals surface area contributed by atoms with E-state index in [0.717, 1.165) is 14.8 Å². The van der Waals surface area contributed by atoms with E-state index in [1.165, 1.54) is 18.9 Å². The third-order valence-electron chi connectivity index (χ3n) is 4.52. The van der Waals surface area contributed by atoms with E-state index in [2.05, 4.69) is 0 Å². The van der Waals surface area contributed by atoms with E-state index < -0.39 is 28.0 Å². The highest BCUT2D eigenvalue weighted by atomic mass is 32.2. The molecule has 0 aromatic heterocycles. The molecular formula is C17H22N2O5S2. The van der Waals surface area contributed by atoms with Gasteiger partial charge in [-0.05, 0) is 23.1 Å². The predicted molar refractivity (Wildman–Crippen MR) is 101 cm³/mol. The van der Waals surface area contributed by atoms with Crippen LogP contribution in [-0.4, -0.2) is 55.1 Å². The number of nitrogens with zero attached hydrogens (tertiary/aromatic N) is 2. The zero-order valence-electron chi connectivity index (χ0n) is 15.2. The van der Waals surface area contributed by atoms with Crippen LogP contribution in [0, 0.1) is 0 Å². The van der Waals surface area contributed by atoms with E-state index in [9.17, 15) is 18.0 Å². The Balaban J connectivity index is 2.13. The van der Waals surface area contributed by atoms with Gasteiger partial charge in [0.25, 0.3) is 5.91 Å². The summed E-state index contributed by atoms with van der Waals surface area (Å²) in [6.07, 6.45) is 0. The number of amides is 3. The minimum Gasteiger partial charge on any atom is -0.495 e. The minimum atomic E-state index is -3.82. The zero-order chi connectivity index (χ0) is 19.3. The third kappa shape index (κ3) is 3.07. The predicted octanol–water partition coefficient (Wildman–Crippen LogP) is 2.21. The SMILES string of the molecule is COc1ccc(C(C)(C)C)cc1N1C(=O)[C@@H]2CSCCS(=O)(=O)N2C1=O. The van der Waals surface area contributed by atoms with Crippen molar-refractivity contribution in [3.63, 3.8) is 0 Å². The minimum absolute atomic E-state index is 0.153. The van der Waals surface area contributed by atoms with Crippen molar-refractivity contribution in [3.8, 4) is 5.75 Å². The van der Waals surface area contributed by atoms with Crippen LogP contribution in [0.15, 0.2) is 18.2 Å². The third-order valence-corrected chi connectivity index (χ3v) is 7.55. The van der Waals surface area contributed by atoms with Crippen molar-refractivity contribution in [2.45, 2.75) is 32.2 Å². The van der Waals surface area contributed by atoms with E-state index in [1.54, 1.807) is 12.1 Å². The van der Waals surface area contributed by atoms with E-state index >= 15 is 0 Å². The quantitative estimate of drug-likeness (QED) is 0.710. The number of thioether (sulfide) groups is 1. The van der Waals surface area contributed by atoms with Crippen molar-refractivity contribution in [1.82, 2.24) is 4.31 Å². The fourth-order valence-electron chi connectivity index (χ4n) is 3.04. The topological polar surface area (TPSA) is 84.0 Å². The Kier molecular flexibility index (Phi) is 4.72. The molecule has 1 atom stereocenters. The van der Waals surface area contributed by atoms with Crippen LogP contribution in [-0.2, 0) is 20.2 Å². The average Bonchev–Trinajstić information content (AvgIpc) is 2.70. The molecule has 7 nitrogen and oxygen atoms in total. The van der Waals surface area contributed by atoms with Crippen LogP contribution in [0.3, 0.4) is 0 Å². The fraction of sp³-hybridized carbons (Fsp3) is 0.529. The van der Waals surface area contributed by atoms with Gasteiger partial charge in [-0.3, -0.25) is 4.79 Å². The summed E-state index contributed by atoms with van der Waals surface area (Å²) in [5.41, 5.74) is 0.982. The largest absolute Gasteiger partial charge is 0.495 e. The van der Waals surface area contributed by atoms with E-state index in [1.807, 2.05) is 26.8 Å². The Labute approximate surface area is 157 Å². The van der Waals surface area contributed by atoms with Crippen molar-refractivity contribution in [2.24, 2.45) is 0 Å². The number of hydrogen-bond donors (Lipinski definition) is 0. The van der Waals surface area contributed by atoms with E-state index in [4.69, 9.17) is 4.74 Å². The molecular weight excluding hydrogens is 376 g/mol. The zero-order valence-corrected chi connectivity index (χ0v) is 16.8. The number of sulfonamides is 1. The Morgan fingerprint density at radius 1 is 1.23 bits per heavy atom. The maximum absolute atomic E-state index is 13.0. The van der Waals surface area contributed by atoms with Gasteiger partial charge < -0.3 is 4.74 Å². The van der Waals surface area contributed by atoms with Crippen LogP contribution in [0.4, 0.5) is 10.5 Å². The van der Waals surface area contributed by atoms with Crippen LogP contribution in [0.5, 0.6) is 5.75 Å². The number of carbonyl (C=O) groups excluding carboxylic acids is 2. The first-order chi connectivity index (χ1) is 12.1. The first kappa shape index (κ1) is 19.0. The molecule has 26 heavy (non-hydrogen) atoms. The number of benzene rings is 1. The van der Waals surface area contributed by atoms with Gasteiger partial charge in [0, 0.05) is 11.5 Å². The Morgan fingerprint density at radius 2 is 1.92 bits per heavy atom. The molecule has 0 aliphatic carbocycles. The normalized spacial score (nSPS) is 23.0. The van der Waals surface area contributed by atoms with Crippen molar-refractivity contribution < 1.29 is 22.7 Å². The first-order valence-electron chi connectivity index (χ1n) is 8.24. The smallest absolute Gasteiger partial charge is 0.345 e. The molecule has 9 heteroatoms. The summed E-state index contributed by atoms with van der Waals surface area (Å²) in [7, 11) is -2.37. The van der Waals surface area contributed by atoms with Gasteiger partial charge in [-0.15, -0.1) is 0 Å². The molecule has 3 rings (SSSR count). The van der Waals surface area contributed by atoms with Gasteiger partial charge in [0.05, 0.1) is 18.6 Å². The molecule has 0 spiro atoms. The molecule has 2 saturated heterocycles. The molecule has 0 radical (unpaired) electrons. The molecule has 1 aromatic rings. The molecule has 0 bridgehead atoms. The lowest BCUT2D eigenvalue weighted by Gasteiger charge is -2.24. The van der Waals surface area contributed by atoms with Gasteiger partial charge in [-0.1, -0.05) is 26.8 Å². The van der Waals surface area contributed by atoms with Gasteiger partial charge in [0.15, 0.2) is 0 Å². The van der Waals surface area contributed by atoms with Crippen LogP contribution >= 0.6 is 11.8 Å². The second-order valence-electron chi connectivity index (χ2n) is 7.30. The highest BCUT2D eigenvalue weighted by molar-refractivity contribution is 8.01. The molecule has 0 N–H and O–H groups in total. The van der Waals surface area contributed by atoms with E-state index in [0.29, 0.717) is 11.5 Å². The van der Waals surface area contributed by atoms with Gasteiger partial charge in [0.1, 0.15) is 11.8 Å². The molecule has 1 aromatic carbocycles. The molecule has 2 fully saturated rings. The Morgan fingerprint density at radius 3 is 2.54 bits per heavy atom. The van der Waals surface area contributed by atoms with Crippen LogP contribution < -0.4 is 9.64 Å². The van der Waals surface area contributed by atoms with Crippen LogP contribution in [0.2, 0.25) is 0 Å². The highest BCUT2D eigenvalue weighted by Crippen LogP contribution is 2.38. The molecule has 0 saturated carbocycles. The summed E-state index contributed by atoms with van der Waals surface area (Å²) >= 11 is 1.36. The summed E-state index contributed by atoms with van der Waals surface area (Å²) in [5.74, 6) is 0.306. The average molecular weight is 399 g/mol. The lowest BCUT2D eigenvalue weighted by molar-refractivity contribution is -0.118. The number of ether oxygens (including phenoxy) is 1. The summed E-state index contributed by atoms with van der Waals surface area (Å²) < 4.78 is 31.0. The summed E-state index contributed by atoms with van der Waals surface area (Å²) in [6.45, 7) is 6.04. The summed E-state index contributed by atoms with van der Waals surface area (Å²) in [5, 5.41) is 0. The van der Waals surface area contributed by atoms with E-state index in [-0.39, 0.29) is 22.6 Å². The van der Waals surface area contributed by atoms with Crippen LogP contribution in [0.25, 0.3) is 0 Å². The van der Waals surface area contributed by atoms with Gasteiger partial charge in [-0.2, -0.15) is 11.8 Å². The second-order valence-corrected chi connectivity index (χ2v) is 10.4. The molecule has 2 aliphatic heterocycles. The maximum atomic E-state index is 13.0. The van der Waals surface area contributed by atoms with Crippen molar-refractivity contribution >= 4 is 39.4 Å². The maximum Gasteiger partial charge on any atom is 0.345 e. The molecule has 2 heterocycles. The number of fused-ring (bicyclic) bond motifs is 1. The van der Waals surface area contributed by atoms with Crippen molar-refractivity contribution in [1.29, 1.82) is 0 Å². The number of rotatable bonds is 2. The summed E-state index contributed by atoms with van der Waals surface area (Å²) in [6, 6.07) is 3.47. The van der Waals surface area contributed by atoms with Gasteiger partial charge in [0.2, 0.25) is 10.0 Å². The standard InChI is InChI=1S/C17H22N2O5S2/c1-17(2,3)11-5-6-14(24-4)12(9-11)18-15(20)13-10-25-7-8-26(22,23)19(13)16(18)21/h5-6,9,13H,7-8,10H2,1-4H3/t13-/m0/s1. The number of urea groups is 1. The fourth-order valence-corrected chi connectivity index (χ4v) is 6.20. The Hall–Kier alpha value is -1.74. The number of carbonyl (C=O) groups is 2. The van der Waals surface area contributed by atoms with Gasteiger partial charge >= 0.3 is 6.03 Å². The lowest BCUT2D eigenvalue weighted by atomic mass is 9.86. The number of methoxy groups -OCH3 is 1. The van der Waals surface area contributed by atoms with Gasteiger partial charge in [-0.25, -0.2) is 22.4 Å². The number of imide groups is 1. The Bertz CT molecular complexity index is 860. The molecule has 142 valence electrons. The first-order valence-corrected chi connectivity index (χ1v) is 11.0. The molecule has 2 aliphatic rings. The summed E-state index contributed by atoms with van der Waals surface area (Å²) in [4.78, 5) is 26.8. The monoisotopic (exact) mass is 398 g/mol. The lowest BCUT2D eigenvalue weighted by Crippen LogP contribution is -2.41.